The number of esters is 1. The zero-order valence-corrected chi connectivity index (χ0v) is 24.6. The Kier molecular flexibility index (Phi) is 10.3. The summed E-state index contributed by atoms with van der Waals surface area (Å²) in [5, 5.41) is 0. The standard InChI is InChI=1S/C35H34O8/c1-35(2,3)43-34(38)27-18-29(40-21-24-12-7-5-8-13-24)32(30(19-27)41-22-25-14-9-6-10-15-25)33(37)31-26(20-36)16-11-17-28(31)42-23-39-4/h5-20H,21-23H2,1-4H3. The van der Waals surface area contributed by atoms with E-state index in [4.69, 9.17) is 23.7 Å². The molecule has 0 unspecified atom stereocenters. The minimum absolute atomic E-state index is 0.00805. The first kappa shape index (κ1) is 31.0. The van der Waals surface area contributed by atoms with Crippen LogP contribution in [0.4, 0.5) is 0 Å². The van der Waals surface area contributed by atoms with Gasteiger partial charge in [-0.25, -0.2) is 4.79 Å². The number of hydrogen-bond acceptors (Lipinski definition) is 8. The lowest BCUT2D eigenvalue weighted by Gasteiger charge is -2.22. The van der Waals surface area contributed by atoms with E-state index in [1.54, 1.807) is 32.9 Å². The van der Waals surface area contributed by atoms with E-state index in [2.05, 4.69) is 0 Å². The SMILES string of the molecule is COCOc1cccc(C=O)c1C(=O)c1c(OCc2ccccc2)cc(C(=O)OC(C)(C)C)cc1OCc1ccccc1. The van der Waals surface area contributed by atoms with Crippen LogP contribution in [0.2, 0.25) is 0 Å². The van der Waals surface area contributed by atoms with E-state index in [9.17, 15) is 14.4 Å². The number of carbonyl (C=O) groups is 3. The first-order valence-corrected chi connectivity index (χ1v) is 13.7. The van der Waals surface area contributed by atoms with Crippen molar-refractivity contribution < 1.29 is 38.1 Å². The van der Waals surface area contributed by atoms with Crippen LogP contribution in [0.15, 0.2) is 91.0 Å². The molecule has 0 amide bonds. The summed E-state index contributed by atoms with van der Waals surface area (Å²) in [4.78, 5) is 39.8. The van der Waals surface area contributed by atoms with Gasteiger partial charge in [-0.15, -0.1) is 0 Å². The molecule has 222 valence electrons. The lowest BCUT2D eigenvalue weighted by atomic mass is 9.95. The van der Waals surface area contributed by atoms with Crippen molar-refractivity contribution in [3.63, 3.8) is 0 Å². The van der Waals surface area contributed by atoms with Crippen LogP contribution in [0.1, 0.15) is 68.5 Å². The molecular weight excluding hydrogens is 548 g/mol. The summed E-state index contributed by atoms with van der Waals surface area (Å²) in [5.74, 6) is -0.887. The molecule has 0 radical (unpaired) electrons. The maximum absolute atomic E-state index is 14.4. The Bertz CT molecular complexity index is 1490. The summed E-state index contributed by atoms with van der Waals surface area (Å²) in [7, 11) is 1.45. The number of ether oxygens (including phenoxy) is 5. The van der Waals surface area contributed by atoms with Crippen LogP contribution in [0.3, 0.4) is 0 Å². The van der Waals surface area contributed by atoms with E-state index < -0.39 is 17.4 Å². The van der Waals surface area contributed by atoms with Crippen molar-refractivity contribution in [1.82, 2.24) is 0 Å². The highest BCUT2D eigenvalue weighted by molar-refractivity contribution is 6.17. The minimum atomic E-state index is -0.766. The molecule has 0 heterocycles. The molecule has 43 heavy (non-hydrogen) atoms. The molecule has 0 aliphatic heterocycles. The molecule has 0 fully saturated rings. The molecule has 0 aromatic heterocycles. The number of hydrogen-bond donors (Lipinski definition) is 0. The highest BCUT2D eigenvalue weighted by atomic mass is 16.7. The summed E-state index contributed by atoms with van der Waals surface area (Å²) in [6.07, 6.45) is 0.580. The molecule has 0 bridgehead atoms. The minimum Gasteiger partial charge on any atom is -0.488 e. The number of benzene rings is 4. The number of aldehydes is 1. The molecule has 4 aromatic rings. The predicted octanol–water partition coefficient (Wildman–Crippen LogP) is 6.83. The number of ketones is 1. The van der Waals surface area contributed by atoms with Gasteiger partial charge in [-0.3, -0.25) is 9.59 Å². The summed E-state index contributed by atoms with van der Waals surface area (Å²) in [6, 6.07) is 26.4. The first-order valence-electron chi connectivity index (χ1n) is 13.7. The Balaban J connectivity index is 1.90. The molecule has 0 aliphatic carbocycles. The quantitative estimate of drug-likeness (QED) is 0.0733. The Morgan fingerprint density at radius 1 is 0.698 bits per heavy atom. The fraction of sp³-hybridized carbons (Fsp3) is 0.229. The topological polar surface area (TPSA) is 97.4 Å². The van der Waals surface area contributed by atoms with Crippen LogP contribution in [0.25, 0.3) is 0 Å². The predicted molar refractivity (Wildman–Crippen MR) is 161 cm³/mol. The summed E-state index contributed by atoms with van der Waals surface area (Å²) >= 11 is 0. The highest BCUT2D eigenvalue weighted by Gasteiger charge is 2.29. The van der Waals surface area contributed by atoms with Gasteiger partial charge in [0, 0.05) is 12.7 Å². The fourth-order valence-corrected chi connectivity index (χ4v) is 4.22. The van der Waals surface area contributed by atoms with Gasteiger partial charge in [0.2, 0.25) is 5.78 Å². The van der Waals surface area contributed by atoms with E-state index in [0.717, 1.165) is 11.1 Å². The van der Waals surface area contributed by atoms with Crippen molar-refractivity contribution in [3.05, 3.63) is 124 Å². The van der Waals surface area contributed by atoms with Gasteiger partial charge in [0.05, 0.1) is 11.1 Å². The normalized spacial score (nSPS) is 11.0. The van der Waals surface area contributed by atoms with Gasteiger partial charge in [-0.2, -0.15) is 0 Å². The van der Waals surface area contributed by atoms with E-state index in [-0.39, 0.29) is 59.5 Å². The van der Waals surface area contributed by atoms with Crippen molar-refractivity contribution >= 4 is 18.0 Å². The van der Waals surface area contributed by atoms with Crippen molar-refractivity contribution in [1.29, 1.82) is 0 Å². The summed E-state index contributed by atoms with van der Waals surface area (Å²) in [6.45, 7) is 5.34. The van der Waals surface area contributed by atoms with Gasteiger partial charge in [-0.05, 0) is 50.1 Å². The zero-order valence-electron chi connectivity index (χ0n) is 24.6. The second-order valence-corrected chi connectivity index (χ2v) is 10.6. The molecule has 0 spiro atoms. The molecule has 4 aromatic carbocycles. The maximum atomic E-state index is 14.4. The third kappa shape index (κ3) is 8.30. The lowest BCUT2D eigenvalue weighted by molar-refractivity contribution is 0.00681. The van der Waals surface area contributed by atoms with E-state index in [0.29, 0.717) is 6.29 Å². The monoisotopic (exact) mass is 582 g/mol. The average Bonchev–Trinajstić information content (AvgIpc) is 3.01. The molecular formula is C35H34O8. The van der Waals surface area contributed by atoms with E-state index in [1.165, 1.54) is 25.3 Å². The van der Waals surface area contributed by atoms with Gasteiger partial charge in [0.25, 0.3) is 0 Å². The van der Waals surface area contributed by atoms with E-state index in [1.807, 2.05) is 60.7 Å². The molecule has 0 atom stereocenters. The van der Waals surface area contributed by atoms with Gasteiger partial charge >= 0.3 is 5.97 Å². The number of rotatable bonds is 13. The van der Waals surface area contributed by atoms with Crippen molar-refractivity contribution in [2.75, 3.05) is 13.9 Å². The summed E-state index contributed by atoms with van der Waals surface area (Å²) in [5.41, 5.74) is 1.19. The van der Waals surface area contributed by atoms with Crippen LogP contribution >= 0.6 is 0 Å². The Hall–Kier alpha value is -4.95. The highest BCUT2D eigenvalue weighted by Crippen LogP contribution is 2.37. The van der Waals surface area contributed by atoms with Crippen LogP contribution in [0.5, 0.6) is 17.2 Å². The van der Waals surface area contributed by atoms with Crippen LogP contribution in [-0.2, 0) is 22.7 Å². The van der Waals surface area contributed by atoms with Crippen molar-refractivity contribution in [3.8, 4) is 17.2 Å². The zero-order chi connectivity index (χ0) is 30.8. The number of carbonyl (C=O) groups excluding carboxylic acids is 3. The lowest BCUT2D eigenvalue weighted by Crippen LogP contribution is -2.24. The molecule has 0 aliphatic rings. The average molecular weight is 583 g/mol. The van der Waals surface area contributed by atoms with Gasteiger partial charge in [-0.1, -0.05) is 72.8 Å². The number of methoxy groups -OCH3 is 1. The molecule has 0 saturated carbocycles. The molecule has 8 nitrogen and oxygen atoms in total. The molecule has 4 rings (SSSR count). The first-order chi connectivity index (χ1) is 20.7. The van der Waals surface area contributed by atoms with Crippen LogP contribution in [0, 0.1) is 0 Å². The Labute approximate surface area is 251 Å². The Morgan fingerprint density at radius 2 is 1.26 bits per heavy atom. The van der Waals surface area contributed by atoms with Crippen molar-refractivity contribution in [2.45, 2.75) is 39.6 Å². The Morgan fingerprint density at radius 3 is 1.74 bits per heavy atom. The van der Waals surface area contributed by atoms with E-state index >= 15 is 0 Å². The molecule has 0 saturated heterocycles. The van der Waals surface area contributed by atoms with Gasteiger partial charge in [0.1, 0.15) is 41.6 Å². The maximum Gasteiger partial charge on any atom is 0.338 e. The summed E-state index contributed by atoms with van der Waals surface area (Å²) < 4.78 is 28.8. The fourth-order valence-electron chi connectivity index (χ4n) is 4.22. The molecule has 0 N–H and O–H groups in total. The third-order valence-electron chi connectivity index (χ3n) is 6.15. The smallest absolute Gasteiger partial charge is 0.338 e. The molecule has 8 heteroatoms. The van der Waals surface area contributed by atoms with Gasteiger partial charge < -0.3 is 23.7 Å². The largest absolute Gasteiger partial charge is 0.488 e. The third-order valence-corrected chi connectivity index (χ3v) is 6.15. The van der Waals surface area contributed by atoms with Crippen molar-refractivity contribution in [2.24, 2.45) is 0 Å². The van der Waals surface area contributed by atoms with Gasteiger partial charge in [0.15, 0.2) is 13.1 Å². The second kappa shape index (κ2) is 14.3. The van der Waals surface area contributed by atoms with Crippen LogP contribution < -0.4 is 14.2 Å². The second-order valence-electron chi connectivity index (χ2n) is 10.6. The van der Waals surface area contributed by atoms with Crippen LogP contribution in [-0.4, -0.2) is 37.5 Å².